The molecule has 0 saturated heterocycles. The molecular weight excluding hydrogens is 248 g/mol. The summed E-state index contributed by atoms with van der Waals surface area (Å²) in [7, 11) is 3.08. The molecule has 19 heavy (non-hydrogen) atoms. The van der Waals surface area contributed by atoms with Gasteiger partial charge in [0, 0.05) is 18.1 Å². The van der Waals surface area contributed by atoms with Crippen LogP contribution in [0.3, 0.4) is 0 Å². The van der Waals surface area contributed by atoms with Gasteiger partial charge in [0.05, 0.1) is 20.8 Å². The Hall–Kier alpha value is -2.04. The van der Waals surface area contributed by atoms with Crippen molar-refractivity contribution in [1.29, 1.82) is 0 Å². The number of Topliss-reactive ketones (excluding diaryl/α,β-unsaturated/α-hetero) is 1. The summed E-state index contributed by atoms with van der Waals surface area (Å²) in [6.45, 7) is 1.98. The predicted molar refractivity (Wildman–Crippen MR) is 69.5 cm³/mol. The molecule has 0 aliphatic heterocycles. The maximum Gasteiger partial charge on any atom is 0.313 e. The second kappa shape index (κ2) is 7.41. The standard InChI is InChI=1S/C14H18O5/c1-4-19-14(16)8-11(15)7-10-5-6-12(17-2)9-13(10)18-3/h5-6,9H,4,7-8H2,1-3H3. The van der Waals surface area contributed by atoms with Crippen LogP contribution in [-0.2, 0) is 20.7 Å². The molecule has 1 aromatic rings. The number of benzene rings is 1. The lowest BCUT2D eigenvalue weighted by molar-refractivity contribution is -0.145. The zero-order valence-electron chi connectivity index (χ0n) is 11.4. The van der Waals surface area contributed by atoms with Crippen molar-refractivity contribution >= 4 is 11.8 Å². The van der Waals surface area contributed by atoms with Crippen LogP contribution in [0.25, 0.3) is 0 Å². The number of carbonyl (C=O) groups excluding carboxylic acids is 2. The first kappa shape index (κ1) is 15.0. The average molecular weight is 266 g/mol. The van der Waals surface area contributed by atoms with Crippen molar-refractivity contribution in [3.8, 4) is 11.5 Å². The van der Waals surface area contributed by atoms with Gasteiger partial charge in [0.25, 0.3) is 0 Å². The minimum atomic E-state index is -0.500. The van der Waals surface area contributed by atoms with Crippen LogP contribution >= 0.6 is 0 Å². The quantitative estimate of drug-likeness (QED) is 0.556. The molecule has 0 fully saturated rings. The maximum absolute atomic E-state index is 11.7. The molecule has 1 rings (SSSR count). The first-order valence-corrected chi connectivity index (χ1v) is 5.99. The highest BCUT2D eigenvalue weighted by Crippen LogP contribution is 2.25. The minimum absolute atomic E-state index is 0.131. The van der Waals surface area contributed by atoms with E-state index in [4.69, 9.17) is 14.2 Å². The second-order valence-corrected chi connectivity index (χ2v) is 3.88. The summed E-state index contributed by atoms with van der Waals surface area (Å²) in [6.07, 6.45) is -0.0883. The van der Waals surface area contributed by atoms with E-state index in [1.165, 1.54) is 7.11 Å². The highest BCUT2D eigenvalue weighted by Gasteiger charge is 2.14. The summed E-state index contributed by atoms with van der Waals surface area (Å²) >= 11 is 0. The van der Waals surface area contributed by atoms with E-state index in [0.29, 0.717) is 11.5 Å². The van der Waals surface area contributed by atoms with Gasteiger partial charge in [-0.25, -0.2) is 0 Å². The molecule has 1 aromatic carbocycles. The Morgan fingerprint density at radius 1 is 1.16 bits per heavy atom. The van der Waals surface area contributed by atoms with Gasteiger partial charge in [-0.05, 0) is 13.0 Å². The fraction of sp³-hybridized carbons (Fsp3) is 0.429. The Morgan fingerprint density at radius 3 is 2.47 bits per heavy atom. The normalized spacial score (nSPS) is 9.84. The van der Waals surface area contributed by atoms with Gasteiger partial charge in [0.2, 0.25) is 0 Å². The summed E-state index contributed by atoms with van der Waals surface area (Å²) in [5.74, 6) is 0.511. The Balaban J connectivity index is 2.71. The molecule has 0 heterocycles. The number of ether oxygens (including phenoxy) is 3. The van der Waals surface area contributed by atoms with Crippen LogP contribution in [0.1, 0.15) is 18.9 Å². The van der Waals surface area contributed by atoms with Gasteiger partial charge in [-0.3, -0.25) is 9.59 Å². The molecule has 0 unspecified atom stereocenters. The third-order valence-corrected chi connectivity index (χ3v) is 2.53. The number of hydrogen-bond acceptors (Lipinski definition) is 5. The van der Waals surface area contributed by atoms with Crippen LogP contribution in [-0.4, -0.2) is 32.6 Å². The predicted octanol–water partition coefficient (Wildman–Crippen LogP) is 1.77. The molecule has 5 heteroatoms. The highest BCUT2D eigenvalue weighted by atomic mass is 16.5. The molecule has 0 bridgehead atoms. The summed E-state index contributed by atoms with van der Waals surface area (Å²) in [5.41, 5.74) is 0.720. The lowest BCUT2D eigenvalue weighted by Gasteiger charge is -2.09. The molecule has 5 nitrogen and oxygen atoms in total. The molecule has 0 atom stereocenters. The van der Waals surface area contributed by atoms with Crippen molar-refractivity contribution in [2.45, 2.75) is 19.8 Å². The zero-order valence-corrected chi connectivity index (χ0v) is 11.4. The van der Waals surface area contributed by atoms with E-state index in [1.807, 2.05) is 0 Å². The summed E-state index contributed by atoms with van der Waals surface area (Å²) in [5, 5.41) is 0. The number of esters is 1. The SMILES string of the molecule is CCOC(=O)CC(=O)Cc1ccc(OC)cc1OC. The van der Waals surface area contributed by atoms with Crippen LogP contribution in [0.15, 0.2) is 18.2 Å². The smallest absolute Gasteiger partial charge is 0.313 e. The van der Waals surface area contributed by atoms with Crippen molar-refractivity contribution in [3.05, 3.63) is 23.8 Å². The molecule has 0 saturated carbocycles. The molecule has 0 aliphatic carbocycles. The Morgan fingerprint density at radius 2 is 1.89 bits per heavy atom. The first-order chi connectivity index (χ1) is 9.10. The van der Waals surface area contributed by atoms with E-state index in [9.17, 15) is 9.59 Å². The molecule has 0 aromatic heterocycles. The Labute approximate surface area is 112 Å². The summed E-state index contributed by atoms with van der Waals surface area (Å²) in [4.78, 5) is 22.9. The van der Waals surface area contributed by atoms with Gasteiger partial charge in [0.15, 0.2) is 0 Å². The number of rotatable bonds is 7. The monoisotopic (exact) mass is 266 g/mol. The zero-order chi connectivity index (χ0) is 14.3. The van der Waals surface area contributed by atoms with Crippen molar-refractivity contribution in [2.75, 3.05) is 20.8 Å². The van der Waals surface area contributed by atoms with E-state index >= 15 is 0 Å². The van der Waals surface area contributed by atoms with Gasteiger partial charge in [-0.2, -0.15) is 0 Å². The van der Waals surface area contributed by atoms with E-state index in [-0.39, 0.29) is 25.2 Å². The van der Waals surface area contributed by atoms with Gasteiger partial charge < -0.3 is 14.2 Å². The number of hydrogen-bond donors (Lipinski definition) is 0. The molecular formula is C14H18O5. The van der Waals surface area contributed by atoms with Crippen LogP contribution in [0, 0.1) is 0 Å². The Bertz CT molecular complexity index is 453. The van der Waals surface area contributed by atoms with Crippen molar-refractivity contribution in [2.24, 2.45) is 0 Å². The van der Waals surface area contributed by atoms with Gasteiger partial charge in [0.1, 0.15) is 23.7 Å². The van der Waals surface area contributed by atoms with Crippen LogP contribution < -0.4 is 9.47 Å². The largest absolute Gasteiger partial charge is 0.497 e. The van der Waals surface area contributed by atoms with Gasteiger partial charge in [-0.1, -0.05) is 6.07 Å². The van der Waals surface area contributed by atoms with Crippen LogP contribution in [0.5, 0.6) is 11.5 Å². The number of methoxy groups -OCH3 is 2. The molecule has 104 valence electrons. The third kappa shape index (κ3) is 4.62. The van der Waals surface area contributed by atoms with E-state index < -0.39 is 5.97 Å². The second-order valence-electron chi connectivity index (χ2n) is 3.88. The average Bonchev–Trinajstić information content (AvgIpc) is 2.39. The molecule has 0 radical (unpaired) electrons. The van der Waals surface area contributed by atoms with Crippen LogP contribution in [0.4, 0.5) is 0 Å². The van der Waals surface area contributed by atoms with E-state index in [1.54, 1.807) is 32.2 Å². The molecule has 0 amide bonds. The topological polar surface area (TPSA) is 61.8 Å². The maximum atomic E-state index is 11.7. The Kier molecular flexibility index (Phi) is 5.85. The van der Waals surface area contributed by atoms with Crippen LogP contribution in [0.2, 0.25) is 0 Å². The number of ketones is 1. The van der Waals surface area contributed by atoms with Crippen molar-refractivity contribution < 1.29 is 23.8 Å². The minimum Gasteiger partial charge on any atom is -0.497 e. The van der Waals surface area contributed by atoms with E-state index in [2.05, 4.69) is 0 Å². The third-order valence-electron chi connectivity index (χ3n) is 2.53. The fourth-order valence-corrected chi connectivity index (χ4v) is 1.65. The lowest BCUT2D eigenvalue weighted by Crippen LogP contribution is -2.13. The first-order valence-electron chi connectivity index (χ1n) is 5.99. The lowest BCUT2D eigenvalue weighted by atomic mass is 10.1. The summed E-state index contributed by atoms with van der Waals surface area (Å²) in [6, 6.07) is 5.20. The van der Waals surface area contributed by atoms with Crippen molar-refractivity contribution in [1.82, 2.24) is 0 Å². The fourth-order valence-electron chi connectivity index (χ4n) is 1.65. The van der Waals surface area contributed by atoms with Gasteiger partial charge >= 0.3 is 5.97 Å². The van der Waals surface area contributed by atoms with Gasteiger partial charge in [-0.15, -0.1) is 0 Å². The van der Waals surface area contributed by atoms with E-state index in [0.717, 1.165) is 5.56 Å². The molecule has 0 N–H and O–H groups in total. The highest BCUT2D eigenvalue weighted by molar-refractivity contribution is 5.96. The summed E-state index contributed by atoms with van der Waals surface area (Å²) < 4.78 is 15.0. The van der Waals surface area contributed by atoms with Crippen molar-refractivity contribution in [3.63, 3.8) is 0 Å². The number of carbonyl (C=O) groups is 2. The molecule has 0 aliphatic rings. The molecule has 0 spiro atoms.